The molecule has 0 saturated carbocycles. The fraction of sp³-hybridized carbons (Fsp3) is 0.286. The molecule has 0 unspecified atom stereocenters. The summed E-state index contributed by atoms with van der Waals surface area (Å²) in [5, 5.41) is 0. The van der Waals surface area contributed by atoms with Crippen LogP contribution in [0, 0.1) is 0 Å². The van der Waals surface area contributed by atoms with Gasteiger partial charge in [-0.1, -0.05) is 66.7 Å². The van der Waals surface area contributed by atoms with Gasteiger partial charge in [0, 0.05) is 25.2 Å². The van der Waals surface area contributed by atoms with Crippen molar-refractivity contribution in [3.05, 3.63) is 83.9 Å². The van der Waals surface area contributed by atoms with Crippen LogP contribution in [0.4, 0.5) is 0 Å². The number of esters is 1. The molecule has 2 rings (SSSR count). The Kier molecular flexibility index (Phi) is 7.24. The summed E-state index contributed by atoms with van der Waals surface area (Å²) in [7, 11) is 0. The third-order valence-corrected chi connectivity index (χ3v) is 3.83. The second kappa shape index (κ2) is 9.68. The number of nitrogens with zero attached hydrogens (tertiary/aromatic N) is 1. The van der Waals surface area contributed by atoms with Crippen LogP contribution in [0.1, 0.15) is 25.0 Å². The van der Waals surface area contributed by atoms with Gasteiger partial charge in [0.15, 0.2) is 0 Å². The molecule has 0 bridgehead atoms. The zero-order valence-electron chi connectivity index (χ0n) is 14.4. The van der Waals surface area contributed by atoms with Crippen LogP contribution in [0.25, 0.3) is 0 Å². The quantitative estimate of drug-likeness (QED) is 0.539. The van der Waals surface area contributed by atoms with E-state index in [1.165, 1.54) is 17.2 Å². The Morgan fingerprint density at radius 2 is 1.50 bits per heavy atom. The van der Waals surface area contributed by atoms with E-state index in [1.807, 2.05) is 25.1 Å². The Bertz CT molecular complexity index is 596. The van der Waals surface area contributed by atoms with E-state index in [2.05, 4.69) is 60.4 Å². The number of rotatable bonds is 8. The number of carbonyl (C=O) groups excluding carboxylic acids is 1. The average molecular weight is 323 g/mol. The van der Waals surface area contributed by atoms with E-state index in [1.54, 1.807) is 0 Å². The monoisotopic (exact) mass is 323 g/mol. The van der Waals surface area contributed by atoms with Gasteiger partial charge in [-0.2, -0.15) is 0 Å². The molecule has 1 atom stereocenters. The third-order valence-electron chi connectivity index (χ3n) is 3.83. The molecule has 126 valence electrons. The maximum absolute atomic E-state index is 11.6. The van der Waals surface area contributed by atoms with E-state index in [4.69, 9.17) is 4.74 Å². The summed E-state index contributed by atoms with van der Waals surface area (Å²) in [5.41, 5.74) is 2.51. The molecule has 0 spiro atoms. The van der Waals surface area contributed by atoms with Gasteiger partial charge >= 0.3 is 5.97 Å². The smallest absolute Gasteiger partial charge is 0.330 e. The minimum Gasteiger partial charge on any atom is -0.463 e. The molecule has 3 nitrogen and oxygen atoms in total. The van der Waals surface area contributed by atoms with Gasteiger partial charge in [-0.25, -0.2) is 4.79 Å². The number of ether oxygens (including phenoxy) is 1. The van der Waals surface area contributed by atoms with Crippen LogP contribution in [0.2, 0.25) is 0 Å². The van der Waals surface area contributed by atoms with E-state index in [0.29, 0.717) is 6.61 Å². The first-order valence-corrected chi connectivity index (χ1v) is 8.36. The highest BCUT2D eigenvalue weighted by Gasteiger charge is 2.13. The van der Waals surface area contributed by atoms with Crippen molar-refractivity contribution in [1.82, 2.24) is 4.90 Å². The zero-order valence-corrected chi connectivity index (χ0v) is 14.4. The second-order valence-corrected chi connectivity index (χ2v) is 5.73. The van der Waals surface area contributed by atoms with Crippen molar-refractivity contribution in [2.75, 3.05) is 6.61 Å². The Hall–Kier alpha value is -2.39. The molecule has 24 heavy (non-hydrogen) atoms. The van der Waals surface area contributed by atoms with Crippen LogP contribution < -0.4 is 0 Å². The highest BCUT2D eigenvalue weighted by Crippen LogP contribution is 2.14. The fourth-order valence-electron chi connectivity index (χ4n) is 2.51. The molecule has 0 aliphatic rings. The molecule has 0 N–H and O–H groups in total. The molecule has 0 fully saturated rings. The van der Waals surface area contributed by atoms with Crippen molar-refractivity contribution in [2.24, 2.45) is 0 Å². The van der Waals surface area contributed by atoms with E-state index in [0.717, 1.165) is 13.1 Å². The Morgan fingerprint density at radius 1 is 1.00 bits per heavy atom. The summed E-state index contributed by atoms with van der Waals surface area (Å²) in [4.78, 5) is 13.9. The van der Waals surface area contributed by atoms with E-state index >= 15 is 0 Å². The van der Waals surface area contributed by atoms with Crippen molar-refractivity contribution in [3.8, 4) is 0 Å². The second-order valence-electron chi connectivity index (χ2n) is 5.73. The topological polar surface area (TPSA) is 29.5 Å². The first-order chi connectivity index (χ1) is 11.7. The Balaban J connectivity index is 2.10. The molecule has 0 aliphatic carbocycles. The molecular formula is C21H25NO2. The van der Waals surface area contributed by atoms with Crippen molar-refractivity contribution < 1.29 is 9.53 Å². The molecule has 2 aromatic rings. The van der Waals surface area contributed by atoms with Gasteiger partial charge in [0.2, 0.25) is 0 Å². The average Bonchev–Trinajstić information content (AvgIpc) is 2.61. The molecule has 0 aliphatic heterocycles. The molecular weight excluding hydrogens is 298 g/mol. The van der Waals surface area contributed by atoms with Gasteiger partial charge in [0.25, 0.3) is 0 Å². The first-order valence-electron chi connectivity index (χ1n) is 8.36. The highest BCUT2D eigenvalue weighted by molar-refractivity contribution is 5.81. The molecule has 0 radical (unpaired) electrons. The minimum absolute atomic E-state index is 0.120. The molecule has 2 aromatic carbocycles. The fourth-order valence-corrected chi connectivity index (χ4v) is 2.51. The van der Waals surface area contributed by atoms with Crippen LogP contribution in [-0.2, 0) is 22.6 Å². The summed E-state index contributed by atoms with van der Waals surface area (Å²) in [6, 6.07) is 20.9. The maximum atomic E-state index is 11.6. The van der Waals surface area contributed by atoms with Crippen molar-refractivity contribution in [2.45, 2.75) is 33.0 Å². The largest absolute Gasteiger partial charge is 0.463 e. The maximum Gasteiger partial charge on any atom is 0.330 e. The van der Waals surface area contributed by atoms with Crippen LogP contribution in [-0.4, -0.2) is 23.5 Å². The lowest BCUT2D eigenvalue weighted by atomic mass is 10.1. The minimum atomic E-state index is -0.288. The van der Waals surface area contributed by atoms with E-state index in [-0.39, 0.29) is 12.0 Å². The summed E-state index contributed by atoms with van der Waals surface area (Å²) < 4.78 is 4.96. The van der Waals surface area contributed by atoms with Gasteiger partial charge < -0.3 is 4.74 Å². The van der Waals surface area contributed by atoms with Gasteiger partial charge in [-0.15, -0.1) is 0 Å². The predicted molar refractivity (Wildman–Crippen MR) is 97.4 cm³/mol. The Morgan fingerprint density at radius 3 is 1.96 bits per heavy atom. The first kappa shape index (κ1) is 18.0. The van der Waals surface area contributed by atoms with Crippen molar-refractivity contribution in [1.29, 1.82) is 0 Å². The molecule has 0 saturated heterocycles. The van der Waals surface area contributed by atoms with Gasteiger partial charge in [-0.3, -0.25) is 4.90 Å². The van der Waals surface area contributed by atoms with Crippen LogP contribution in [0.5, 0.6) is 0 Å². The number of benzene rings is 2. The standard InChI is InChI=1S/C21H25NO2/c1-3-24-21(23)15-14-18(2)22(16-19-10-6-4-7-11-19)17-20-12-8-5-9-13-20/h4-15,18H,3,16-17H2,1-2H3/t18-/m0/s1. The van der Waals surface area contributed by atoms with Crippen LogP contribution >= 0.6 is 0 Å². The van der Waals surface area contributed by atoms with Gasteiger partial charge in [0.1, 0.15) is 0 Å². The summed E-state index contributed by atoms with van der Waals surface area (Å²) >= 11 is 0. The lowest BCUT2D eigenvalue weighted by molar-refractivity contribution is -0.137. The van der Waals surface area contributed by atoms with Crippen molar-refractivity contribution in [3.63, 3.8) is 0 Å². The van der Waals surface area contributed by atoms with E-state index in [9.17, 15) is 4.79 Å². The zero-order chi connectivity index (χ0) is 17.2. The lowest BCUT2D eigenvalue weighted by Crippen LogP contribution is -2.31. The highest BCUT2D eigenvalue weighted by atomic mass is 16.5. The van der Waals surface area contributed by atoms with Crippen LogP contribution in [0.15, 0.2) is 72.8 Å². The number of hydrogen-bond donors (Lipinski definition) is 0. The number of hydrogen-bond acceptors (Lipinski definition) is 3. The van der Waals surface area contributed by atoms with Gasteiger partial charge in [0.05, 0.1) is 6.61 Å². The molecule has 0 aromatic heterocycles. The molecule has 0 heterocycles. The molecule has 3 heteroatoms. The summed E-state index contributed by atoms with van der Waals surface area (Å²) in [6.07, 6.45) is 3.43. The Labute approximate surface area is 144 Å². The molecule has 0 amide bonds. The summed E-state index contributed by atoms with van der Waals surface area (Å²) in [6.45, 7) is 5.96. The van der Waals surface area contributed by atoms with E-state index < -0.39 is 0 Å². The van der Waals surface area contributed by atoms with Gasteiger partial charge in [-0.05, 0) is 25.0 Å². The van der Waals surface area contributed by atoms with Crippen molar-refractivity contribution >= 4 is 5.97 Å². The number of carbonyl (C=O) groups is 1. The summed E-state index contributed by atoms with van der Waals surface area (Å²) in [5.74, 6) is -0.288. The normalized spacial score (nSPS) is 12.5. The third kappa shape index (κ3) is 6.01. The lowest BCUT2D eigenvalue weighted by Gasteiger charge is -2.27. The SMILES string of the molecule is CCOC(=O)C=C[C@H](C)N(Cc1ccccc1)Cc1ccccc1. The van der Waals surface area contributed by atoms with Crippen LogP contribution in [0.3, 0.4) is 0 Å². The predicted octanol–water partition coefficient (Wildman–Crippen LogP) is 4.20.